The smallest absolute Gasteiger partial charge is 0.264 e. The van der Waals surface area contributed by atoms with Crippen molar-refractivity contribution in [3.8, 4) is 0 Å². The van der Waals surface area contributed by atoms with E-state index >= 15 is 0 Å². The first-order valence-electron chi connectivity index (χ1n) is 0.698. The minimum atomic E-state index is -4.67. The average Bonchev–Trinajstić information content (AvgIpc) is 0.722. The second-order valence-electron chi connectivity index (χ2n) is 0.448. The van der Waals surface area contributed by atoms with Gasteiger partial charge in [0, 0.05) is 0 Å². The van der Waals surface area contributed by atoms with Crippen LogP contribution in [0.1, 0.15) is 1.43 Å². The van der Waals surface area contributed by atoms with E-state index in [2.05, 4.69) is 0 Å². The zero-order valence-corrected chi connectivity index (χ0v) is 7.12. The molecule has 2 N–H and O–H groups in total. The van der Waals surface area contributed by atoms with Gasteiger partial charge in [-0.3, -0.25) is 9.11 Å². The van der Waals surface area contributed by atoms with Gasteiger partial charge in [-0.25, -0.2) is 0 Å². The van der Waals surface area contributed by atoms with Crippen molar-refractivity contribution in [3.63, 3.8) is 0 Å². The summed E-state index contributed by atoms with van der Waals surface area (Å²) < 4.78 is 31.6. The first kappa shape index (κ1) is 10.4. The Bertz CT molecular complexity index is 94.9. The molecule has 0 aromatic carbocycles. The van der Waals surface area contributed by atoms with Crippen LogP contribution < -0.4 is 0 Å². The maximum Gasteiger partial charge on any atom is 2.00 e. The van der Waals surface area contributed by atoms with E-state index in [-0.39, 0.29) is 46.9 Å². The Morgan fingerprint density at radius 2 is 1.33 bits per heavy atom. The van der Waals surface area contributed by atoms with Crippen molar-refractivity contribution < 1.29 is 18.9 Å². The first-order valence-corrected chi connectivity index (χ1v) is 2.10. The molecule has 0 aliphatic heterocycles. The predicted octanol–water partition coefficient (Wildman–Crippen LogP) is -0.921. The standard InChI is InChI=1S/H2O4S.Sr/c1-5(2,3)4;/h(H2,1,2,3,4);/q;+2/p+1. The van der Waals surface area contributed by atoms with Gasteiger partial charge >= 0.3 is 57.3 Å². The van der Waals surface area contributed by atoms with Crippen LogP contribution in [0.3, 0.4) is 0 Å². The molecule has 0 saturated heterocycles. The molecule has 0 radical (unpaired) electrons. The monoisotopic (exact) mass is 187 g/mol. The molecule has 0 unspecified atom stereocenters. The minimum Gasteiger partial charge on any atom is -0.264 e. The summed E-state index contributed by atoms with van der Waals surface area (Å²) in [5.41, 5.74) is 0. The first-order chi connectivity index (χ1) is 2.00. The third-order valence-corrected chi connectivity index (χ3v) is 0. The minimum absolute atomic E-state index is 0. The summed E-state index contributed by atoms with van der Waals surface area (Å²) in [4.78, 5) is 0. The maximum atomic E-state index is 8.74. The van der Waals surface area contributed by atoms with Gasteiger partial charge in [0.05, 0.1) is 0 Å². The number of hydrogen-bond acceptors (Lipinski definition) is 2. The van der Waals surface area contributed by atoms with Crippen LogP contribution in [0.4, 0.5) is 0 Å². The van der Waals surface area contributed by atoms with E-state index in [4.69, 9.17) is 17.5 Å². The van der Waals surface area contributed by atoms with E-state index in [0.717, 1.165) is 0 Å². The molecular weight excluding hydrogens is 184 g/mol. The normalized spacial score (nSPS) is 9.67. The van der Waals surface area contributed by atoms with Crippen molar-refractivity contribution in [2.45, 2.75) is 0 Å². The van der Waals surface area contributed by atoms with E-state index in [0.29, 0.717) is 0 Å². The summed E-state index contributed by atoms with van der Waals surface area (Å²) in [6.07, 6.45) is 0. The molecular formula is H3O4SSr+3. The van der Waals surface area contributed by atoms with Gasteiger partial charge in [0.1, 0.15) is 0 Å². The Balaban J connectivity index is -0.0000000800. The van der Waals surface area contributed by atoms with Crippen molar-refractivity contribution in [3.05, 3.63) is 0 Å². The molecule has 6 heavy (non-hydrogen) atoms. The molecule has 0 spiro atoms. The molecule has 32 valence electrons. The Kier molecular flexibility index (Phi) is 5.81. The van der Waals surface area contributed by atoms with E-state index < -0.39 is 10.4 Å². The Morgan fingerprint density at radius 1 is 1.33 bits per heavy atom. The van der Waals surface area contributed by atoms with Crippen LogP contribution >= 0.6 is 0 Å². The molecule has 0 heterocycles. The quantitative estimate of drug-likeness (QED) is 0.379. The summed E-state index contributed by atoms with van der Waals surface area (Å²) in [7, 11) is -4.67. The van der Waals surface area contributed by atoms with Crippen molar-refractivity contribution >= 4 is 55.9 Å². The topological polar surface area (TPSA) is 74.6 Å². The van der Waals surface area contributed by atoms with Crippen LogP contribution in [0, 0.1) is 0 Å². The van der Waals surface area contributed by atoms with Gasteiger partial charge in [-0.1, -0.05) is 0 Å². The summed E-state index contributed by atoms with van der Waals surface area (Å²) in [6.45, 7) is 0. The number of hydrogen-bond donors (Lipinski definition) is 2. The molecule has 4 nitrogen and oxygen atoms in total. The van der Waals surface area contributed by atoms with E-state index in [1.807, 2.05) is 0 Å². The molecule has 0 amide bonds. The van der Waals surface area contributed by atoms with Crippen LogP contribution in [0.2, 0.25) is 0 Å². The molecule has 0 aromatic rings. The summed E-state index contributed by atoms with van der Waals surface area (Å²) >= 11 is 0. The van der Waals surface area contributed by atoms with Crippen LogP contribution in [-0.2, 0) is 10.4 Å². The van der Waals surface area contributed by atoms with Gasteiger partial charge in [-0.05, 0) is 0 Å². The maximum absolute atomic E-state index is 8.74. The Morgan fingerprint density at radius 3 is 1.33 bits per heavy atom. The molecule has 0 fully saturated rings. The summed E-state index contributed by atoms with van der Waals surface area (Å²) in [6, 6.07) is 0. The van der Waals surface area contributed by atoms with Crippen molar-refractivity contribution in [2.75, 3.05) is 0 Å². The second kappa shape index (κ2) is 3.36. The van der Waals surface area contributed by atoms with E-state index in [1.54, 1.807) is 0 Å². The van der Waals surface area contributed by atoms with Gasteiger partial charge in [0.2, 0.25) is 0 Å². The molecule has 0 bridgehead atoms. The SMILES string of the molecule is O=S(=O)(O)O.[H+].[Sr+2]. The largest absolute Gasteiger partial charge is 2.00 e. The number of rotatable bonds is 0. The van der Waals surface area contributed by atoms with Gasteiger partial charge < -0.3 is 0 Å². The second-order valence-corrected chi connectivity index (χ2v) is 1.34. The van der Waals surface area contributed by atoms with Gasteiger partial charge in [0.25, 0.3) is 0 Å². The van der Waals surface area contributed by atoms with Gasteiger partial charge in [-0.15, -0.1) is 0 Å². The van der Waals surface area contributed by atoms with Gasteiger partial charge in [0.15, 0.2) is 0 Å². The molecule has 0 atom stereocenters. The van der Waals surface area contributed by atoms with Crippen LogP contribution in [-0.4, -0.2) is 63.0 Å². The molecule has 0 rings (SSSR count). The van der Waals surface area contributed by atoms with Crippen molar-refractivity contribution in [2.24, 2.45) is 0 Å². The third-order valence-electron chi connectivity index (χ3n) is 0. The fourth-order valence-electron chi connectivity index (χ4n) is 0. The molecule has 0 saturated carbocycles. The molecule has 0 aliphatic rings. The molecule has 0 aliphatic carbocycles. The van der Waals surface area contributed by atoms with Crippen molar-refractivity contribution in [1.29, 1.82) is 0 Å². The molecule has 6 heteroatoms. The Hall–Kier alpha value is 1.35. The fourth-order valence-corrected chi connectivity index (χ4v) is 0. The van der Waals surface area contributed by atoms with E-state index in [1.165, 1.54) is 0 Å². The summed E-state index contributed by atoms with van der Waals surface area (Å²) in [5, 5.41) is 0. The van der Waals surface area contributed by atoms with Gasteiger partial charge in [-0.2, -0.15) is 8.42 Å². The molecule has 0 aromatic heterocycles. The average molecular weight is 187 g/mol. The Labute approximate surface area is 73.9 Å². The zero-order chi connectivity index (χ0) is 4.50. The van der Waals surface area contributed by atoms with E-state index in [9.17, 15) is 0 Å². The summed E-state index contributed by atoms with van der Waals surface area (Å²) in [5.74, 6) is 0. The third kappa shape index (κ3) is 55.5. The predicted molar refractivity (Wildman–Crippen MR) is 21.0 cm³/mol. The van der Waals surface area contributed by atoms with Crippen molar-refractivity contribution in [1.82, 2.24) is 0 Å². The fraction of sp³-hybridized carbons (Fsp3) is 0. The zero-order valence-electron chi connectivity index (χ0n) is 3.83. The van der Waals surface area contributed by atoms with Crippen LogP contribution in [0.15, 0.2) is 0 Å². The van der Waals surface area contributed by atoms with Crippen LogP contribution in [0.25, 0.3) is 0 Å². The van der Waals surface area contributed by atoms with Crippen LogP contribution in [0.5, 0.6) is 0 Å².